The van der Waals surface area contributed by atoms with Crippen LogP contribution in [0.15, 0.2) is 66.7 Å². The molecule has 73 heavy (non-hydrogen) atoms. The molecule has 0 spiro atoms. The zero-order valence-electron chi connectivity index (χ0n) is 43.0. The molecule has 8 rings (SSSR count). The molecular weight excluding hydrogens is 941 g/mol. The lowest BCUT2D eigenvalue weighted by Crippen LogP contribution is -2.61. The van der Waals surface area contributed by atoms with Crippen molar-refractivity contribution in [1.82, 2.24) is 25.8 Å². The molecule has 19 nitrogen and oxygen atoms in total. The van der Waals surface area contributed by atoms with Gasteiger partial charge < -0.3 is 54.8 Å². The Bertz CT molecular complexity index is 2480. The normalized spacial score (nSPS) is 27.7. The minimum absolute atomic E-state index is 0.0182. The van der Waals surface area contributed by atoms with E-state index in [1.165, 1.54) is 6.07 Å². The van der Waals surface area contributed by atoms with E-state index in [0.717, 1.165) is 36.6 Å². The molecule has 5 fully saturated rings. The summed E-state index contributed by atoms with van der Waals surface area (Å²) in [5.74, 6) is -5.27. The second-order valence-electron chi connectivity index (χ2n) is 22.1. The van der Waals surface area contributed by atoms with Gasteiger partial charge in [-0.15, -0.1) is 0 Å². The van der Waals surface area contributed by atoms with Crippen LogP contribution in [-0.2, 0) is 63.6 Å². The lowest BCUT2D eigenvalue weighted by molar-refractivity contribution is -0.235. The number of rotatable bonds is 18. The standard InChI is InChI=1S/C54H72N6O13/c1-52(2,3)59-50(66)39-26-33-18-11-12-19-34(33)28-60(39)29-40(68-43(62)23-24-44(63)69-46-45(41-30-67-53(4,5)71-41)70-51-47(46)72-54(6,7)73-51)37(25-31-15-9-8-10-16-31)57-49(65)38(27-42(55)61)58-48(64)36-22-21-32-17-13-14-20-35(32)56-36/h8-10,13-17,20-22,33-34,37-41,45-47,51H,11-12,18-19,23-30H2,1-7H3,(H2,55,61)(H,57,65)(H,58,64)(H,59,66)/t33-,34+,37-,38-,39-,40+,41+,45+,46-,47+,51+/m0/s1. The number of hydrogen-bond donors (Lipinski definition) is 4. The van der Waals surface area contributed by atoms with Crippen molar-refractivity contribution in [2.75, 3.05) is 19.7 Å². The second kappa shape index (κ2) is 22.5. The number of piperidine rings is 1. The zero-order valence-corrected chi connectivity index (χ0v) is 43.0. The first kappa shape index (κ1) is 53.7. The molecule has 4 amide bonds. The Morgan fingerprint density at radius 3 is 2.26 bits per heavy atom. The van der Waals surface area contributed by atoms with Crippen molar-refractivity contribution in [2.24, 2.45) is 17.6 Å². The molecule has 11 atom stereocenters. The minimum atomic E-state index is -1.46. The Morgan fingerprint density at radius 2 is 1.55 bits per heavy atom. The SMILES string of the molecule is CC(C)(C)NC(=O)[C@@H]1C[C@@H]2CCCC[C@@H]2CN1C[C@@H](OC(=O)CCC(=O)O[C@@H]1[C@H]2OC(C)(C)O[C@H]2O[C@@H]1[C@H]1COC(C)(C)O1)[C@H](Cc1ccccc1)NC(=O)[C@H](CC(N)=O)NC(=O)c1ccc2ccccc2n1. The van der Waals surface area contributed by atoms with Crippen LogP contribution in [0.25, 0.3) is 10.9 Å². The topological polar surface area (TPSA) is 245 Å². The molecule has 0 unspecified atom stereocenters. The average Bonchev–Trinajstić information content (AvgIpc) is 3.96. The summed E-state index contributed by atoms with van der Waals surface area (Å²) in [6.07, 6.45) is -1.61. The maximum atomic E-state index is 14.6. The van der Waals surface area contributed by atoms with Crippen LogP contribution in [0.2, 0.25) is 0 Å². The first-order valence-corrected chi connectivity index (χ1v) is 25.7. The fourth-order valence-corrected chi connectivity index (χ4v) is 10.8. The van der Waals surface area contributed by atoms with Gasteiger partial charge in [0.25, 0.3) is 5.91 Å². The minimum Gasteiger partial charge on any atom is -0.459 e. The van der Waals surface area contributed by atoms with Crippen LogP contribution in [0.1, 0.15) is 116 Å². The number of benzene rings is 2. The molecule has 3 aromatic rings. The highest BCUT2D eigenvalue weighted by Gasteiger charge is 2.60. The highest BCUT2D eigenvalue weighted by atomic mass is 16.9. The van der Waals surface area contributed by atoms with Crippen LogP contribution >= 0.6 is 0 Å². The molecule has 19 heteroatoms. The van der Waals surface area contributed by atoms with Crippen molar-refractivity contribution in [2.45, 2.75) is 178 Å². The van der Waals surface area contributed by atoms with Crippen LogP contribution in [-0.4, -0.2) is 137 Å². The van der Waals surface area contributed by atoms with E-state index in [2.05, 4.69) is 25.8 Å². The van der Waals surface area contributed by atoms with Crippen LogP contribution < -0.4 is 21.7 Å². The van der Waals surface area contributed by atoms with Gasteiger partial charge in [0, 0.05) is 24.0 Å². The second-order valence-corrected chi connectivity index (χ2v) is 22.1. The summed E-state index contributed by atoms with van der Waals surface area (Å²) < 4.78 is 42.7. The summed E-state index contributed by atoms with van der Waals surface area (Å²) in [4.78, 5) is 89.9. The predicted octanol–water partition coefficient (Wildman–Crippen LogP) is 4.36. The van der Waals surface area contributed by atoms with Crippen molar-refractivity contribution in [3.8, 4) is 0 Å². The third kappa shape index (κ3) is 14.0. The summed E-state index contributed by atoms with van der Waals surface area (Å²) in [5, 5.41) is 9.67. The molecule has 4 aliphatic heterocycles. The molecule has 1 aromatic heterocycles. The summed E-state index contributed by atoms with van der Waals surface area (Å²) in [6, 6.07) is 16.7. The molecule has 1 saturated carbocycles. The van der Waals surface area contributed by atoms with Gasteiger partial charge in [0.1, 0.15) is 30.0 Å². The molecule has 2 aromatic carbocycles. The smallest absolute Gasteiger partial charge is 0.306 e. The molecule has 0 bridgehead atoms. The average molecular weight is 1010 g/mol. The largest absolute Gasteiger partial charge is 0.459 e. The van der Waals surface area contributed by atoms with E-state index < -0.39 is 115 Å². The number of likely N-dealkylation sites (tertiary alicyclic amines) is 1. The van der Waals surface area contributed by atoms with Gasteiger partial charge in [0.2, 0.25) is 17.7 Å². The third-order valence-electron chi connectivity index (χ3n) is 14.2. The lowest BCUT2D eigenvalue weighted by atomic mass is 9.72. The van der Waals surface area contributed by atoms with Gasteiger partial charge in [-0.1, -0.05) is 73.9 Å². The van der Waals surface area contributed by atoms with Gasteiger partial charge in [0.15, 0.2) is 30.1 Å². The number of esters is 2. The molecule has 5 aliphatic rings. The van der Waals surface area contributed by atoms with Crippen molar-refractivity contribution >= 4 is 46.5 Å². The number of nitrogens with two attached hydrogens (primary N) is 1. The maximum absolute atomic E-state index is 14.6. The Morgan fingerprint density at radius 1 is 0.836 bits per heavy atom. The number of nitrogens with zero attached hydrogens (tertiary/aromatic N) is 2. The van der Waals surface area contributed by atoms with E-state index >= 15 is 0 Å². The van der Waals surface area contributed by atoms with E-state index in [-0.39, 0.29) is 43.5 Å². The first-order valence-electron chi connectivity index (χ1n) is 25.7. The van der Waals surface area contributed by atoms with E-state index in [4.69, 9.17) is 38.9 Å². The van der Waals surface area contributed by atoms with Crippen molar-refractivity contribution in [3.05, 3.63) is 78.0 Å². The summed E-state index contributed by atoms with van der Waals surface area (Å²) in [6.45, 7) is 13.5. The van der Waals surface area contributed by atoms with Crippen LogP contribution in [0.3, 0.4) is 0 Å². The highest BCUT2D eigenvalue weighted by molar-refractivity contribution is 5.99. The first-order chi connectivity index (χ1) is 34.6. The summed E-state index contributed by atoms with van der Waals surface area (Å²) in [5.41, 5.74) is 6.51. The quantitative estimate of drug-likeness (QED) is 0.129. The van der Waals surface area contributed by atoms with E-state index in [1.54, 1.807) is 45.9 Å². The number of carbonyl (C=O) groups is 6. The zero-order chi connectivity index (χ0) is 52.2. The fraction of sp³-hybridized carbons (Fsp3) is 0.611. The number of hydrogen-bond acceptors (Lipinski definition) is 15. The number of aromatic nitrogens is 1. The number of pyridine rings is 1. The predicted molar refractivity (Wildman–Crippen MR) is 265 cm³/mol. The lowest BCUT2D eigenvalue weighted by Gasteiger charge is -2.47. The number of amides is 4. The van der Waals surface area contributed by atoms with Gasteiger partial charge in [-0.2, -0.15) is 0 Å². The fourth-order valence-electron chi connectivity index (χ4n) is 10.8. The van der Waals surface area contributed by atoms with Crippen molar-refractivity contribution in [3.63, 3.8) is 0 Å². The summed E-state index contributed by atoms with van der Waals surface area (Å²) in [7, 11) is 0. The number of fused-ring (bicyclic) bond motifs is 3. The number of ether oxygens (including phenoxy) is 7. The van der Waals surface area contributed by atoms with Crippen LogP contribution in [0.5, 0.6) is 0 Å². The van der Waals surface area contributed by atoms with Crippen molar-refractivity contribution < 1.29 is 61.9 Å². The number of primary amides is 1. The molecule has 5 N–H and O–H groups in total. The monoisotopic (exact) mass is 1010 g/mol. The number of nitrogens with one attached hydrogen (secondary N) is 3. The molecule has 1 aliphatic carbocycles. The van der Waals surface area contributed by atoms with Crippen molar-refractivity contribution in [1.29, 1.82) is 0 Å². The molecule has 396 valence electrons. The Balaban J connectivity index is 1.06. The van der Waals surface area contributed by atoms with Gasteiger partial charge in [-0.25, -0.2) is 4.98 Å². The molecule has 5 heterocycles. The van der Waals surface area contributed by atoms with E-state index in [9.17, 15) is 28.8 Å². The van der Waals surface area contributed by atoms with E-state index in [1.807, 2.05) is 63.2 Å². The molecule has 0 radical (unpaired) electrons. The molecular formula is C54H72N6O13. The Kier molecular flexibility index (Phi) is 16.6. The van der Waals surface area contributed by atoms with Gasteiger partial charge in [-0.3, -0.25) is 33.7 Å². The van der Waals surface area contributed by atoms with Crippen LogP contribution in [0, 0.1) is 11.8 Å². The number of para-hydroxylation sites is 1. The van der Waals surface area contributed by atoms with E-state index in [0.29, 0.717) is 24.4 Å². The Labute approximate surface area is 426 Å². The highest BCUT2D eigenvalue weighted by Crippen LogP contribution is 2.43. The third-order valence-corrected chi connectivity index (χ3v) is 14.2. The van der Waals surface area contributed by atoms with Gasteiger partial charge >= 0.3 is 11.9 Å². The Hall–Kier alpha value is -5.57. The van der Waals surface area contributed by atoms with Gasteiger partial charge in [0.05, 0.1) is 43.5 Å². The maximum Gasteiger partial charge on any atom is 0.306 e. The van der Waals surface area contributed by atoms with Gasteiger partial charge in [-0.05, 0) is 97.3 Å². The van der Waals surface area contributed by atoms with Crippen LogP contribution in [0.4, 0.5) is 0 Å². The molecule has 4 saturated heterocycles. The number of carbonyl (C=O) groups excluding carboxylic acids is 6. The summed E-state index contributed by atoms with van der Waals surface area (Å²) >= 11 is 0.